The highest BCUT2D eigenvalue weighted by Crippen LogP contribution is 2.35. The van der Waals surface area contributed by atoms with Gasteiger partial charge < -0.3 is 10.2 Å². The molecule has 1 aromatic carbocycles. The summed E-state index contributed by atoms with van der Waals surface area (Å²) in [5, 5.41) is 17.4. The summed E-state index contributed by atoms with van der Waals surface area (Å²) in [5.74, 6) is 1.67. The average Bonchev–Trinajstić information content (AvgIpc) is 3.17. The van der Waals surface area contributed by atoms with Crippen LogP contribution >= 0.6 is 0 Å². The summed E-state index contributed by atoms with van der Waals surface area (Å²) in [5.41, 5.74) is 4.35. The highest BCUT2D eigenvalue weighted by atomic mass is 15.3. The standard InChI is InChI=1S/C18H21N5/c1-22-10-2-3-14(12-22)17-16-8-9-20-18(16)23(21-17)15-6-4-13(11-19)5-7-15/h4-7,14,20H,2-3,8-10,12H2,1H3. The third-order valence-electron chi connectivity index (χ3n) is 4.93. The number of likely N-dealkylation sites (N-methyl/N-ethyl adjacent to an activating group) is 1. The maximum absolute atomic E-state index is 8.96. The van der Waals surface area contributed by atoms with Crippen LogP contribution in [0.15, 0.2) is 24.3 Å². The molecule has 0 radical (unpaired) electrons. The van der Waals surface area contributed by atoms with Gasteiger partial charge in [-0.1, -0.05) is 0 Å². The molecule has 1 atom stereocenters. The molecule has 0 amide bonds. The van der Waals surface area contributed by atoms with Gasteiger partial charge in [0.15, 0.2) is 0 Å². The van der Waals surface area contributed by atoms with E-state index in [1.165, 1.54) is 30.6 Å². The molecule has 118 valence electrons. The molecule has 2 aliphatic rings. The van der Waals surface area contributed by atoms with E-state index in [1.54, 1.807) is 0 Å². The number of likely N-dealkylation sites (tertiary alicyclic amines) is 1. The first-order chi connectivity index (χ1) is 11.3. The lowest BCUT2D eigenvalue weighted by Crippen LogP contribution is -2.31. The lowest BCUT2D eigenvalue weighted by atomic mass is 9.92. The average molecular weight is 307 g/mol. The van der Waals surface area contributed by atoms with Crippen LogP contribution in [0.2, 0.25) is 0 Å². The topological polar surface area (TPSA) is 56.9 Å². The lowest BCUT2D eigenvalue weighted by molar-refractivity contribution is 0.247. The molecule has 0 saturated carbocycles. The van der Waals surface area contributed by atoms with E-state index in [-0.39, 0.29) is 0 Å². The number of nitriles is 1. The fourth-order valence-corrected chi connectivity index (χ4v) is 3.78. The SMILES string of the molecule is CN1CCCC(c2nn(-c3ccc(C#N)cc3)c3c2CCN3)C1. The smallest absolute Gasteiger partial charge is 0.133 e. The summed E-state index contributed by atoms with van der Waals surface area (Å²) in [6.45, 7) is 3.27. The summed E-state index contributed by atoms with van der Waals surface area (Å²) in [4.78, 5) is 2.41. The van der Waals surface area contributed by atoms with Crippen molar-refractivity contribution in [1.29, 1.82) is 5.26 Å². The van der Waals surface area contributed by atoms with E-state index in [1.807, 2.05) is 28.9 Å². The first-order valence-corrected chi connectivity index (χ1v) is 8.31. The first kappa shape index (κ1) is 14.3. The van der Waals surface area contributed by atoms with E-state index >= 15 is 0 Å². The Bertz CT molecular complexity index is 753. The number of rotatable bonds is 2. The largest absolute Gasteiger partial charge is 0.369 e. The van der Waals surface area contributed by atoms with Gasteiger partial charge in [0.1, 0.15) is 5.82 Å². The van der Waals surface area contributed by atoms with Crippen LogP contribution in [0, 0.1) is 11.3 Å². The molecule has 2 aliphatic heterocycles. The zero-order valence-corrected chi connectivity index (χ0v) is 13.4. The number of benzene rings is 1. The summed E-state index contributed by atoms with van der Waals surface area (Å²) in [6, 6.07) is 9.83. The number of hydrogen-bond acceptors (Lipinski definition) is 4. The molecule has 3 heterocycles. The Kier molecular flexibility index (Phi) is 3.55. The zero-order valence-electron chi connectivity index (χ0n) is 13.4. The Hall–Kier alpha value is -2.32. The number of nitrogens with one attached hydrogen (secondary N) is 1. The van der Waals surface area contributed by atoms with Gasteiger partial charge in [-0.2, -0.15) is 10.4 Å². The van der Waals surface area contributed by atoms with Crippen molar-refractivity contribution in [2.75, 3.05) is 32.0 Å². The normalized spacial score (nSPS) is 20.8. The van der Waals surface area contributed by atoms with Crippen LogP contribution in [0.4, 0.5) is 5.82 Å². The molecule has 1 N–H and O–H groups in total. The monoisotopic (exact) mass is 307 g/mol. The Morgan fingerprint density at radius 3 is 2.87 bits per heavy atom. The quantitative estimate of drug-likeness (QED) is 0.926. The molecule has 5 heteroatoms. The molecule has 23 heavy (non-hydrogen) atoms. The van der Waals surface area contributed by atoms with Crippen LogP contribution in [0.25, 0.3) is 5.69 Å². The summed E-state index contributed by atoms with van der Waals surface area (Å²) < 4.78 is 2.02. The van der Waals surface area contributed by atoms with E-state index in [4.69, 9.17) is 10.4 Å². The zero-order chi connectivity index (χ0) is 15.8. The second-order valence-corrected chi connectivity index (χ2v) is 6.56. The van der Waals surface area contributed by atoms with Gasteiger partial charge in [0.05, 0.1) is 23.0 Å². The fraction of sp³-hybridized carbons (Fsp3) is 0.444. The minimum atomic E-state index is 0.530. The summed E-state index contributed by atoms with van der Waals surface area (Å²) in [7, 11) is 2.20. The second kappa shape index (κ2) is 5.71. The van der Waals surface area contributed by atoms with Crippen LogP contribution in [0.1, 0.15) is 35.6 Å². The van der Waals surface area contributed by atoms with E-state index in [0.29, 0.717) is 11.5 Å². The van der Waals surface area contributed by atoms with Crippen molar-refractivity contribution in [1.82, 2.24) is 14.7 Å². The van der Waals surface area contributed by atoms with Gasteiger partial charge in [-0.05, 0) is 57.1 Å². The van der Waals surface area contributed by atoms with Crippen LogP contribution < -0.4 is 5.32 Å². The maximum atomic E-state index is 8.96. The van der Waals surface area contributed by atoms with Crippen molar-refractivity contribution < 1.29 is 0 Å². The van der Waals surface area contributed by atoms with Crippen LogP contribution in [-0.2, 0) is 6.42 Å². The van der Waals surface area contributed by atoms with Gasteiger partial charge in [0, 0.05) is 24.6 Å². The molecule has 1 unspecified atom stereocenters. The van der Waals surface area contributed by atoms with Crippen LogP contribution in [-0.4, -0.2) is 41.4 Å². The van der Waals surface area contributed by atoms with Crippen LogP contribution in [0.3, 0.4) is 0 Å². The Balaban J connectivity index is 1.73. The summed E-state index contributed by atoms with van der Waals surface area (Å²) in [6.07, 6.45) is 3.52. The predicted octanol–water partition coefficient (Wildman–Crippen LogP) is 2.52. The van der Waals surface area contributed by atoms with Crippen molar-refractivity contribution in [3.05, 3.63) is 41.1 Å². The highest BCUT2D eigenvalue weighted by Gasteiger charge is 2.29. The molecule has 0 spiro atoms. The van der Waals surface area contributed by atoms with Crippen molar-refractivity contribution in [3.8, 4) is 11.8 Å². The van der Waals surface area contributed by atoms with Gasteiger partial charge in [-0.25, -0.2) is 4.68 Å². The highest BCUT2D eigenvalue weighted by molar-refractivity contribution is 5.58. The minimum Gasteiger partial charge on any atom is -0.369 e. The van der Waals surface area contributed by atoms with Crippen LogP contribution in [0.5, 0.6) is 0 Å². The van der Waals surface area contributed by atoms with Gasteiger partial charge >= 0.3 is 0 Å². The molecular formula is C18H21N5. The first-order valence-electron chi connectivity index (χ1n) is 8.31. The number of anilines is 1. The molecule has 4 rings (SSSR count). The molecule has 0 aliphatic carbocycles. The minimum absolute atomic E-state index is 0.530. The number of aromatic nitrogens is 2. The Morgan fingerprint density at radius 1 is 1.30 bits per heavy atom. The van der Waals surface area contributed by atoms with E-state index in [9.17, 15) is 0 Å². The van der Waals surface area contributed by atoms with Gasteiger partial charge in [-0.3, -0.25) is 0 Å². The van der Waals surface area contributed by atoms with Crippen molar-refractivity contribution in [3.63, 3.8) is 0 Å². The van der Waals surface area contributed by atoms with Crippen molar-refractivity contribution in [2.45, 2.75) is 25.2 Å². The number of piperidine rings is 1. The molecule has 1 saturated heterocycles. The molecule has 1 fully saturated rings. The van der Waals surface area contributed by atoms with Gasteiger partial charge in [0.25, 0.3) is 0 Å². The lowest BCUT2D eigenvalue weighted by Gasteiger charge is -2.29. The molecule has 5 nitrogen and oxygen atoms in total. The van der Waals surface area contributed by atoms with E-state index < -0.39 is 0 Å². The number of fused-ring (bicyclic) bond motifs is 1. The number of nitrogens with zero attached hydrogens (tertiary/aromatic N) is 4. The third kappa shape index (κ3) is 2.49. The molecule has 0 bridgehead atoms. The van der Waals surface area contributed by atoms with Crippen molar-refractivity contribution >= 4 is 5.82 Å². The predicted molar refractivity (Wildman–Crippen MR) is 89.9 cm³/mol. The van der Waals surface area contributed by atoms with E-state index in [2.05, 4.69) is 23.3 Å². The second-order valence-electron chi connectivity index (χ2n) is 6.56. The molecular weight excluding hydrogens is 286 g/mol. The Morgan fingerprint density at radius 2 is 2.13 bits per heavy atom. The molecule has 2 aromatic rings. The fourth-order valence-electron chi connectivity index (χ4n) is 3.78. The summed E-state index contributed by atoms with van der Waals surface area (Å²) >= 11 is 0. The number of hydrogen-bond donors (Lipinski definition) is 1. The maximum Gasteiger partial charge on any atom is 0.133 e. The van der Waals surface area contributed by atoms with E-state index in [0.717, 1.165) is 31.0 Å². The molecule has 1 aromatic heterocycles. The van der Waals surface area contributed by atoms with Gasteiger partial charge in [0.2, 0.25) is 0 Å². The Labute approximate surface area is 136 Å². The van der Waals surface area contributed by atoms with Crippen molar-refractivity contribution in [2.24, 2.45) is 0 Å². The van der Waals surface area contributed by atoms with Gasteiger partial charge in [-0.15, -0.1) is 0 Å². The third-order valence-corrected chi connectivity index (χ3v) is 4.93.